The number of allylic oxidation sites excluding steroid dienone is 1. The highest BCUT2D eigenvalue weighted by molar-refractivity contribution is 5.14. The Labute approximate surface area is 80.3 Å². The smallest absolute Gasteiger partial charge is 0.133 e. The zero-order chi connectivity index (χ0) is 10.1. The predicted octanol–water partition coefficient (Wildman–Crippen LogP) is 1.48. The molecule has 2 unspecified atom stereocenters. The fourth-order valence-corrected chi connectivity index (χ4v) is 0.882. The molecule has 0 rings (SSSR count). The lowest BCUT2D eigenvalue weighted by molar-refractivity contribution is 0.217. The molecule has 0 saturated heterocycles. The first-order valence-corrected chi connectivity index (χ1v) is 4.70. The van der Waals surface area contributed by atoms with Gasteiger partial charge < -0.3 is 10.2 Å². The standard InChI is InChI=1S/C11H18O2/c1-3-5-7-11(13)9-8-10(12)6-4-2/h4,6,10-13H,3,5,7H2,1-2H3/b6-4+. The molecule has 2 N–H and O–H groups in total. The summed E-state index contributed by atoms with van der Waals surface area (Å²) in [6.07, 6.45) is 4.68. The third-order valence-electron chi connectivity index (χ3n) is 1.60. The molecule has 0 aliphatic heterocycles. The van der Waals surface area contributed by atoms with Gasteiger partial charge in [0.1, 0.15) is 12.2 Å². The van der Waals surface area contributed by atoms with E-state index in [4.69, 9.17) is 5.11 Å². The summed E-state index contributed by atoms with van der Waals surface area (Å²) in [4.78, 5) is 0. The van der Waals surface area contributed by atoms with E-state index in [2.05, 4.69) is 18.8 Å². The molecule has 0 fully saturated rings. The molecule has 0 spiro atoms. The predicted molar refractivity (Wildman–Crippen MR) is 54.1 cm³/mol. The van der Waals surface area contributed by atoms with E-state index >= 15 is 0 Å². The molecular weight excluding hydrogens is 164 g/mol. The minimum Gasteiger partial charge on any atom is -0.380 e. The molecule has 0 aromatic carbocycles. The summed E-state index contributed by atoms with van der Waals surface area (Å²) < 4.78 is 0. The van der Waals surface area contributed by atoms with E-state index in [1.54, 1.807) is 12.2 Å². The molecule has 2 nitrogen and oxygen atoms in total. The van der Waals surface area contributed by atoms with Crippen molar-refractivity contribution in [2.24, 2.45) is 0 Å². The molecule has 0 saturated carbocycles. The Morgan fingerprint density at radius 3 is 2.54 bits per heavy atom. The minimum absolute atomic E-state index is 0.597. The second-order valence-corrected chi connectivity index (χ2v) is 2.92. The van der Waals surface area contributed by atoms with Crippen LogP contribution in [0.25, 0.3) is 0 Å². The van der Waals surface area contributed by atoms with Crippen molar-refractivity contribution in [1.29, 1.82) is 0 Å². The molecule has 0 radical (unpaired) electrons. The summed E-state index contributed by atoms with van der Waals surface area (Å²) in [5.41, 5.74) is 0. The minimum atomic E-state index is -0.749. The van der Waals surface area contributed by atoms with Gasteiger partial charge >= 0.3 is 0 Å². The fourth-order valence-electron chi connectivity index (χ4n) is 0.882. The number of aliphatic hydroxyl groups is 2. The number of hydrogen-bond donors (Lipinski definition) is 2. The van der Waals surface area contributed by atoms with E-state index < -0.39 is 12.2 Å². The molecule has 0 aliphatic carbocycles. The lowest BCUT2D eigenvalue weighted by Crippen LogP contribution is -2.04. The zero-order valence-corrected chi connectivity index (χ0v) is 8.33. The second kappa shape index (κ2) is 7.85. The quantitative estimate of drug-likeness (QED) is 0.510. The Bertz CT molecular complexity index is 198. The van der Waals surface area contributed by atoms with E-state index in [9.17, 15) is 5.11 Å². The molecular formula is C11H18O2. The van der Waals surface area contributed by atoms with Crippen molar-refractivity contribution in [3.05, 3.63) is 12.2 Å². The van der Waals surface area contributed by atoms with Crippen LogP contribution in [0.1, 0.15) is 33.1 Å². The molecule has 0 aromatic rings. The molecule has 0 aromatic heterocycles. The summed E-state index contributed by atoms with van der Waals surface area (Å²) in [6.45, 7) is 3.88. The van der Waals surface area contributed by atoms with Gasteiger partial charge in [0.2, 0.25) is 0 Å². The Morgan fingerprint density at radius 2 is 2.00 bits per heavy atom. The molecule has 0 heterocycles. The fraction of sp³-hybridized carbons (Fsp3) is 0.636. The van der Waals surface area contributed by atoms with E-state index in [0.717, 1.165) is 12.8 Å². The van der Waals surface area contributed by atoms with Gasteiger partial charge in [-0.2, -0.15) is 0 Å². The highest BCUT2D eigenvalue weighted by Gasteiger charge is 1.97. The normalized spacial score (nSPS) is 15.1. The van der Waals surface area contributed by atoms with Gasteiger partial charge in [-0.25, -0.2) is 0 Å². The Morgan fingerprint density at radius 1 is 1.31 bits per heavy atom. The molecule has 2 atom stereocenters. The van der Waals surface area contributed by atoms with Crippen molar-refractivity contribution in [3.63, 3.8) is 0 Å². The van der Waals surface area contributed by atoms with Gasteiger partial charge in [-0.05, 0) is 19.4 Å². The summed E-state index contributed by atoms with van der Waals surface area (Å²) in [5.74, 6) is 5.17. The topological polar surface area (TPSA) is 40.5 Å². The Balaban J connectivity index is 3.79. The maximum Gasteiger partial charge on any atom is 0.133 e. The molecule has 0 aliphatic rings. The summed E-state index contributed by atoms with van der Waals surface area (Å²) >= 11 is 0. The van der Waals surface area contributed by atoms with Gasteiger partial charge in [-0.3, -0.25) is 0 Å². The van der Waals surface area contributed by atoms with Crippen LogP contribution in [0.5, 0.6) is 0 Å². The van der Waals surface area contributed by atoms with Crippen LogP contribution in [0.4, 0.5) is 0 Å². The lowest BCUT2D eigenvalue weighted by atomic mass is 10.1. The summed E-state index contributed by atoms with van der Waals surface area (Å²) in [5, 5.41) is 18.4. The van der Waals surface area contributed by atoms with Crippen LogP contribution in [-0.2, 0) is 0 Å². The first kappa shape index (κ1) is 12.2. The Kier molecular flexibility index (Phi) is 7.38. The number of unbranched alkanes of at least 4 members (excludes halogenated alkanes) is 1. The first-order valence-electron chi connectivity index (χ1n) is 4.70. The molecule has 0 amide bonds. The van der Waals surface area contributed by atoms with Crippen molar-refractivity contribution in [2.75, 3.05) is 0 Å². The van der Waals surface area contributed by atoms with Crippen molar-refractivity contribution >= 4 is 0 Å². The molecule has 2 heteroatoms. The third-order valence-corrected chi connectivity index (χ3v) is 1.60. The van der Waals surface area contributed by atoms with E-state index in [1.807, 2.05) is 6.92 Å². The highest BCUT2D eigenvalue weighted by Crippen LogP contribution is 1.98. The van der Waals surface area contributed by atoms with Gasteiger partial charge in [0.25, 0.3) is 0 Å². The van der Waals surface area contributed by atoms with Crippen LogP contribution in [-0.4, -0.2) is 22.4 Å². The van der Waals surface area contributed by atoms with Gasteiger partial charge in [0, 0.05) is 0 Å². The van der Waals surface area contributed by atoms with Crippen LogP contribution in [0.3, 0.4) is 0 Å². The SMILES string of the molecule is C/C=C/C(O)C#CC(O)CCCC. The average Bonchev–Trinajstić information content (AvgIpc) is 2.12. The van der Waals surface area contributed by atoms with Crippen LogP contribution in [0.2, 0.25) is 0 Å². The van der Waals surface area contributed by atoms with Crippen LogP contribution in [0, 0.1) is 11.8 Å². The lowest BCUT2D eigenvalue weighted by Gasteiger charge is -2.00. The number of rotatable bonds is 4. The number of hydrogen-bond acceptors (Lipinski definition) is 2. The van der Waals surface area contributed by atoms with Crippen LogP contribution >= 0.6 is 0 Å². The van der Waals surface area contributed by atoms with Crippen molar-refractivity contribution in [1.82, 2.24) is 0 Å². The second-order valence-electron chi connectivity index (χ2n) is 2.92. The monoisotopic (exact) mass is 182 g/mol. The maximum absolute atomic E-state index is 9.29. The zero-order valence-electron chi connectivity index (χ0n) is 8.33. The van der Waals surface area contributed by atoms with Gasteiger partial charge in [0.15, 0.2) is 0 Å². The van der Waals surface area contributed by atoms with Crippen molar-refractivity contribution in [3.8, 4) is 11.8 Å². The van der Waals surface area contributed by atoms with Crippen LogP contribution < -0.4 is 0 Å². The highest BCUT2D eigenvalue weighted by atomic mass is 16.3. The van der Waals surface area contributed by atoms with Gasteiger partial charge in [-0.1, -0.05) is 37.7 Å². The first-order chi connectivity index (χ1) is 6.20. The van der Waals surface area contributed by atoms with Gasteiger partial charge in [0.05, 0.1) is 0 Å². The van der Waals surface area contributed by atoms with Crippen molar-refractivity contribution in [2.45, 2.75) is 45.3 Å². The summed E-state index contributed by atoms with van der Waals surface area (Å²) in [7, 11) is 0. The molecule has 0 bridgehead atoms. The third kappa shape index (κ3) is 7.58. The summed E-state index contributed by atoms with van der Waals surface area (Å²) in [6, 6.07) is 0. The Hall–Kier alpha value is -0.780. The number of aliphatic hydroxyl groups excluding tert-OH is 2. The van der Waals surface area contributed by atoms with Gasteiger partial charge in [-0.15, -0.1) is 0 Å². The van der Waals surface area contributed by atoms with E-state index in [1.165, 1.54) is 0 Å². The van der Waals surface area contributed by atoms with Crippen molar-refractivity contribution < 1.29 is 10.2 Å². The van der Waals surface area contributed by atoms with E-state index in [0.29, 0.717) is 6.42 Å². The van der Waals surface area contributed by atoms with E-state index in [-0.39, 0.29) is 0 Å². The molecule has 74 valence electrons. The average molecular weight is 182 g/mol. The molecule has 13 heavy (non-hydrogen) atoms. The maximum atomic E-state index is 9.29. The largest absolute Gasteiger partial charge is 0.380 e. The van der Waals surface area contributed by atoms with Crippen LogP contribution in [0.15, 0.2) is 12.2 Å².